The van der Waals surface area contributed by atoms with Crippen molar-refractivity contribution in [2.24, 2.45) is 7.05 Å². The fourth-order valence-corrected chi connectivity index (χ4v) is 2.05. The molecule has 2 heterocycles. The minimum atomic E-state index is -0.565. The minimum absolute atomic E-state index is 0.0522. The summed E-state index contributed by atoms with van der Waals surface area (Å²) in [5.41, 5.74) is 1.20. The molecule has 122 valence electrons. The van der Waals surface area contributed by atoms with Crippen molar-refractivity contribution in [1.29, 1.82) is 0 Å². The summed E-state index contributed by atoms with van der Waals surface area (Å²) in [6.45, 7) is 5.39. The van der Waals surface area contributed by atoms with Gasteiger partial charge in [-0.05, 0) is 44.5 Å². The van der Waals surface area contributed by atoms with Crippen LogP contribution in [-0.4, -0.2) is 21.2 Å². The molecule has 0 aliphatic carbocycles. The van der Waals surface area contributed by atoms with Crippen molar-refractivity contribution >= 4 is 11.9 Å². The number of amides is 1. The zero-order chi connectivity index (χ0) is 17.0. The Hall–Kier alpha value is -2.63. The number of hydrogen-bond donors (Lipinski definition) is 1. The maximum absolute atomic E-state index is 11.8. The first-order valence-corrected chi connectivity index (χ1v) is 7.34. The number of carbonyl (C=O) groups is 1. The molecule has 6 nitrogen and oxygen atoms in total. The summed E-state index contributed by atoms with van der Waals surface area (Å²) in [6, 6.07) is 8.76. The van der Waals surface area contributed by atoms with Crippen molar-refractivity contribution in [3.63, 3.8) is 0 Å². The molecule has 0 aromatic carbocycles. The van der Waals surface area contributed by atoms with E-state index < -0.39 is 11.7 Å². The molecule has 0 unspecified atom stereocenters. The lowest BCUT2D eigenvalue weighted by Crippen LogP contribution is -2.27. The Morgan fingerprint density at radius 2 is 2.04 bits per heavy atom. The second kappa shape index (κ2) is 6.64. The third kappa shape index (κ3) is 4.95. The number of carbonyl (C=O) groups excluding carboxylic acids is 1. The molecule has 0 spiro atoms. The first kappa shape index (κ1) is 16.7. The summed E-state index contributed by atoms with van der Waals surface area (Å²) in [6.07, 6.45) is 1.63. The molecule has 1 N–H and O–H groups in total. The van der Waals surface area contributed by atoms with Crippen molar-refractivity contribution in [2.75, 3.05) is 5.32 Å². The Bertz CT molecular complexity index is 760. The first-order valence-electron chi connectivity index (χ1n) is 7.34. The molecule has 0 fully saturated rings. The van der Waals surface area contributed by atoms with E-state index >= 15 is 0 Å². The van der Waals surface area contributed by atoms with Gasteiger partial charge in [-0.15, -0.1) is 0 Å². The van der Waals surface area contributed by atoms with Gasteiger partial charge in [0.15, 0.2) is 0 Å². The molecule has 2 aromatic heterocycles. The average molecular weight is 315 g/mol. The van der Waals surface area contributed by atoms with E-state index in [0.717, 1.165) is 11.3 Å². The third-order valence-electron chi connectivity index (χ3n) is 3.13. The second-order valence-corrected chi connectivity index (χ2v) is 6.27. The van der Waals surface area contributed by atoms with E-state index in [9.17, 15) is 9.59 Å². The molecule has 6 heteroatoms. The molecular weight excluding hydrogens is 294 g/mol. The van der Waals surface area contributed by atoms with Crippen LogP contribution in [0.1, 0.15) is 32.0 Å². The van der Waals surface area contributed by atoms with E-state index in [4.69, 9.17) is 4.74 Å². The lowest BCUT2D eigenvalue weighted by Gasteiger charge is -2.19. The summed E-state index contributed by atoms with van der Waals surface area (Å²) in [5.74, 6) is 0.415. The van der Waals surface area contributed by atoms with Crippen LogP contribution in [-0.2, 0) is 18.2 Å². The van der Waals surface area contributed by atoms with Crippen LogP contribution < -0.4 is 10.9 Å². The van der Waals surface area contributed by atoms with Gasteiger partial charge in [0.25, 0.3) is 0 Å². The van der Waals surface area contributed by atoms with E-state index in [-0.39, 0.29) is 5.56 Å². The van der Waals surface area contributed by atoms with Crippen molar-refractivity contribution in [3.8, 4) is 0 Å². The zero-order valence-electron chi connectivity index (χ0n) is 13.8. The number of anilines is 1. The summed E-state index contributed by atoms with van der Waals surface area (Å²) < 4.78 is 6.80. The highest BCUT2D eigenvalue weighted by Crippen LogP contribution is 2.13. The van der Waals surface area contributed by atoms with Gasteiger partial charge in [0.1, 0.15) is 11.4 Å². The number of hydrogen-bond acceptors (Lipinski definition) is 4. The first-order chi connectivity index (χ1) is 10.7. The average Bonchev–Trinajstić information content (AvgIpc) is 2.42. The van der Waals surface area contributed by atoms with Crippen molar-refractivity contribution in [1.82, 2.24) is 9.55 Å². The standard InChI is InChI=1S/C17H21N3O3/c1-17(2,3)23-16(22)19-14-11-12(8-9-18-14)10-13-6-5-7-15(21)20(13)4/h5-9,11H,10H2,1-4H3,(H,18,19,22). The van der Waals surface area contributed by atoms with Gasteiger partial charge in [-0.3, -0.25) is 10.1 Å². The fraction of sp³-hybridized carbons (Fsp3) is 0.353. The van der Waals surface area contributed by atoms with E-state index in [2.05, 4.69) is 10.3 Å². The van der Waals surface area contributed by atoms with Gasteiger partial charge in [0.2, 0.25) is 5.56 Å². The quantitative estimate of drug-likeness (QED) is 0.945. The molecule has 0 aliphatic heterocycles. The highest BCUT2D eigenvalue weighted by Gasteiger charge is 2.16. The predicted octanol–water partition coefficient (Wildman–Crippen LogP) is 2.72. The number of rotatable bonds is 3. The molecule has 0 bridgehead atoms. The fourth-order valence-electron chi connectivity index (χ4n) is 2.05. The Kier molecular flexibility index (Phi) is 4.83. The highest BCUT2D eigenvalue weighted by molar-refractivity contribution is 5.83. The number of pyridine rings is 2. The van der Waals surface area contributed by atoms with E-state index in [1.165, 1.54) is 6.07 Å². The van der Waals surface area contributed by atoms with Crippen molar-refractivity contribution in [2.45, 2.75) is 32.8 Å². The van der Waals surface area contributed by atoms with E-state index in [1.807, 2.05) is 12.1 Å². The van der Waals surface area contributed by atoms with Gasteiger partial charge in [-0.2, -0.15) is 0 Å². The highest BCUT2D eigenvalue weighted by atomic mass is 16.6. The van der Waals surface area contributed by atoms with Crippen LogP contribution >= 0.6 is 0 Å². The van der Waals surface area contributed by atoms with E-state index in [1.54, 1.807) is 50.7 Å². The Morgan fingerprint density at radius 1 is 1.30 bits per heavy atom. The van der Waals surface area contributed by atoms with Crippen molar-refractivity contribution < 1.29 is 9.53 Å². The van der Waals surface area contributed by atoms with Gasteiger partial charge in [-0.1, -0.05) is 6.07 Å². The summed E-state index contributed by atoms with van der Waals surface area (Å²) in [7, 11) is 1.73. The van der Waals surface area contributed by atoms with Gasteiger partial charge >= 0.3 is 6.09 Å². The number of nitrogens with zero attached hydrogens (tertiary/aromatic N) is 2. The molecule has 0 aliphatic rings. The lowest BCUT2D eigenvalue weighted by atomic mass is 10.1. The van der Waals surface area contributed by atoms with Crippen LogP contribution in [0.4, 0.5) is 10.6 Å². The molecule has 2 aromatic rings. The Labute approximate surface area is 135 Å². The van der Waals surface area contributed by atoms with E-state index in [0.29, 0.717) is 12.2 Å². The van der Waals surface area contributed by atoms with Crippen LogP contribution in [0.15, 0.2) is 41.3 Å². The molecule has 1 amide bonds. The smallest absolute Gasteiger partial charge is 0.413 e. The maximum atomic E-state index is 11.8. The number of nitrogens with one attached hydrogen (secondary N) is 1. The van der Waals surface area contributed by atoms with Crippen LogP contribution in [0.2, 0.25) is 0 Å². The van der Waals surface area contributed by atoms with Gasteiger partial charge in [0.05, 0.1) is 0 Å². The molecule has 0 saturated heterocycles. The SMILES string of the molecule is Cn1c(Cc2ccnc(NC(=O)OC(C)(C)C)c2)cccc1=O. The summed E-state index contributed by atoms with van der Waals surface area (Å²) in [5, 5.41) is 2.61. The Morgan fingerprint density at radius 3 is 2.74 bits per heavy atom. The number of aromatic nitrogens is 2. The third-order valence-corrected chi connectivity index (χ3v) is 3.13. The molecule has 0 atom stereocenters. The predicted molar refractivity (Wildman–Crippen MR) is 88.6 cm³/mol. The van der Waals surface area contributed by atoms with Crippen molar-refractivity contribution in [3.05, 3.63) is 58.1 Å². The Balaban J connectivity index is 2.12. The maximum Gasteiger partial charge on any atom is 0.413 e. The zero-order valence-corrected chi connectivity index (χ0v) is 13.8. The molecule has 0 saturated carbocycles. The van der Waals surface area contributed by atoms with Gasteiger partial charge < -0.3 is 9.30 Å². The minimum Gasteiger partial charge on any atom is -0.444 e. The lowest BCUT2D eigenvalue weighted by molar-refractivity contribution is 0.0635. The molecule has 0 radical (unpaired) electrons. The molecule has 23 heavy (non-hydrogen) atoms. The summed E-state index contributed by atoms with van der Waals surface area (Å²) >= 11 is 0. The second-order valence-electron chi connectivity index (χ2n) is 6.27. The number of ether oxygens (including phenoxy) is 1. The van der Waals surface area contributed by atoms with Crippen LogP contribution in [0.5, 0.6) is 0 Å². The summed E-state index contributed by atoms with van der Waals surface area (Å²) in [4.78, 5) is 27.5. The monoisotopic (exact) mass is 315 g/mol. The molecule has 2 rings (SSSR count). The van der Waals surface area contributed by atoms with Crippen LogP contribution in [0.3, 0.4) is 0 Å². The topological polar surface area (TPSA) is 73.2 Å². The van der Waals surface area contributed by atoms with Gasteiger partial charge in [-0.25, -0.2) is 9.78 Å². The van der Waals surface area contributed by atoms with Crippen LogP contribution in [0, 0.1) is 0 Å². The van der Waals surface area contributed by atoms with Crippen LogP contribution in [0.25, 0.3) is 0 Å². The largest absolute Gasteiger partial charge is 0.444 e. The molecular formula is C17H21N3O3. The van der Waals surface area contributed by atoms with Gasteiger partial charge in [0, 0.05) is 31.4 Å². The normalized spacial score (nSPS) is 11.1.